The fourth-order valence-electron chi connectivity index (χ4n) is 2.58. The number of hydrogen-bond donors (Lipinski definition) is 2. The van der Waals surface area contributed by atoms with Crippen LogP contribution in [0.5, 0.6) is 5.75 Å². The zero-order valence-corrected chi connectivity index (χ0v) is 14.8. The first-order valence-corrected chi connectivity index (χ1v) is 8.41. The van der Waals surface area contributed by atoms with Crippen LogP contribution >= 0.6 is 15.9 Å². The number of aliphatic hydroxyl groups excluding tert-OH is 1. The van der Waals surface area contributed by atoms with E-state index in [0.29, 0.717) is 18.6 Å². The Morgan fingerprint density at radius 3 is 2.61 bits per heavy atom. The highest BCUT2D eigenvalue weighted by Crippen LogP contribution is 2.25. The molecule has 0 radical (unpaired) electrons. The van der Waals surface area contributed by atoms with Crippen LogP contribution in [0.15, 0.2) is 28.7 Å². The van der Waals surface area contributed by atoms with E-state index in [1.54, 1.807) is 12.1 Å². The van der Waals surface area contributed by atoms with Crippen molar-refractivity contribution in [1.82, 2.24) is 10.2 Å². The number of urea groups is 1. The minimum Gasteiger partial charge on any atom is -0.491 e. The van der Waals surface area contributed by atoms with Gasteiger partial charge in [-0.1, -0.05) is 35.8 Å². The van der Waals surface area contributed by atoms with Crippen LogP contribution in [0.3, 0.4) is 0 Å². The third-order valence-corrected chi connectivity index (χ3v) is 4.58. The van der Waals surface area contributed by atoms with Crippen molar-refractivity contribution < 1.29 is 19.4 Å². The second-order valence-corrected chi connectivity index (χ2v) is 6.47. The smallest absolute Gasteiger partial charge is 0.325 e. The number of aliphatic hydroxyl groups is 1. The Morgan fingerprint density at radius 2 is 2.04 bits per heavy atom. The van der Waals surface area contributed by atoms with Gasteiger partial charge in [0.25, 0.3) is 5.91 Å². The van der Waals surface area contributed by atoms with Crippen molar-refractivity contribution in [1.29, 1.82) is 0 Å². The van der Waals surface area contributed by atoms with Crippen molar-refractivity contribution in [2.24, 2.45) is 0 Å². The van der Waals surface area contributed by atoms with Crippen LogP contribution in [0.4, 0.5) is 4.79 Å². The molecule has 1 aromatic carbocycles. The summed E-state index contributed by atoms with van der Waals surface area (Å²) in [5.74, 6) is 0.320. The van der Waals surface area contributed by atoms with Gasteiger partial charge in [-0.3, -0.25) is 9.69 Å². The van der Waals surface area contributed by atoms with Crippen molar-refractivity contribution in [2.75, 3.05) is 13.2 Å². The van der Waals surface area contributed by atoms with Gasteiger partial charge in [-0.2, -0.15) is 0 Å². The highest BCUT2D eigenvalue weighted by Gasteiger charge is 2.48. The lowest BCUT2D eigenvalue weighted by atomic mass is 9.93. The molecule has 0 aliphatic carbocycles. The van der Waals surface area contributed by atoms with Gasteiger partial charge in [0.05, 0.1) is 6.54 Å². The Hall–Kier alpha value is -1.60. The summed E-state index contributed by atoms with van der Waals surface area (Å²) in [6, 6.07) is 6.77. The van der Waals surface area contributed by atoms with Gasteiger partial charge >= 0.3 is 6.03 Å². The van der Waals surface area contributed by atoms with E-state index >= 15 is 0 Å². The average Bonchev–Trinajstić information content (AvgIpc) is 2.78. The van der Waals surface area contributed by atoms with Crippen LogP contribution in [0.25, 0.3) is 0 Å². The lowest BCUT2D eigenvalue weighted by Gasteiger charge is -2.24. The van der Waals surface area contributed by atoms with Gasteiger partial charge < -0.3 is 15.2 Å². The lowest BCUT2D eigenvalue weighted by Crippen LogP contribution is -2.46. The summed E-state index contributed by atoms with van der Waals surface area (Å²) in [5, 5.41) is 12.8. The van der Waals surface area contributed by atoms with E-state index in [1.807, 2.05) is 26.0 Å². The molecule has 1 fully saturated rings. The molecule has 0 unspecified atom stereocenters. The molecule has 1 saturated heterocycles. The molecule has 3 amide bonds. The molecule has 1 atom stereocenters. The molecule has 0 saturated carbocycles. The maximum absolute atomic E-state index is 12.4. The maximum atomic E-state index is 12.4. The van der Waals surface area contributed by atoms with E-state index in [-0.39, 0.29) is 19.1 Å². The maximum Gasteiger partial charge on any atom is 0.325 e. The summed E-state index contributed by atoms with van der Waals surface area (Å²) in [6.45, 7) is 3.63. The van der Waals surface area contributed by atoms with E-state index in [2.05, 4.69) is 21.2 Å². The van der Waals surface area contributed by atoms with Crippen LogP contribution < -0.4 is 10.1 Å². The first kappa shape index (κ1) is 17.7. The molecule has 126 valence electrons. The second-order valence-electron chi connectivity index (χ2n) is 5.56. The number of benzene rings is 1. The van der Waals surface area contributed by atoms with Gasteiger partial charge in [0.2, 0.25) is 0 Å². The number of nitrogens with one attached hydrogen (secondary N) is 1. The summed E-state index contributed by atoms with van der Waals surface area (Å²) in [6.07, 6.45) is 0.0953. The molecule has 7 heteroatoms. The number of amides is 3. The number of hydrogen-bond acceptors (Lipinski definition) is 4. The molecule has 1 aliphatic rings. The monoisotopic (exact) mass is 384 g/mol. The van der Waals surface area contributed by atoms with Gasteiger partial charge in [0, 0.05) is 4.47 Å². The molecule has 2 N–H and O–H groups in total. The zero-order chi connectivity index (χ0) is 17.0. The standard InChI is InChI=1S/C16H21BrN2O4/c1-3-16(4-2)14(21)19(15(22)18-16)9-12(20)10-23-13-7-5-6-11(17)8-13/h5-8,12,20H,3-4,9-10H2,1-2H3,(H,18,22)/t12-/m1/s1. The minimum absolute atomic E-state index is 0.00123. The van der Waals surface area contributed by atoms with Crippen molar-refractivity contribution in [3.8, 4) is 5.75 Å². The van der Waals surface area contributed by atoms with Gasteiger partial charge in [-0.05, 0) is 31.0 Å². The molecule has 1 heterocycles. The molecule has 2 rings (SSSR count). The summed E-state index contributed by atoms with van der Waals surface area (Å²) in [5.41, 5.74) is -0.845. The largest absolute Gasteiger partial charge is 0.491 e. The van der Waals surface area contributed by atoms with Crippen LogP contribution in [-0.2, 0) is 4.79 Å². The number of ether oxygens (including phenoxy) is 1. The van der Waals surface area contributed by atoms with Crippen molar-refractivity contribution >= 4 is 27.9 Å². The molecule has 1 aliphatic heterocycles. The highest BCUT2D eigenvalue weighted by atomic mass is 79.9. The SMILES string of the molecule is CCC1(CC)NC(=O)N(C[C@@H](O)COc2cccc(Br)c2)C1=O. The van der Waals surface area contributed by atoms with Crippen LogP contribution in [0.1, 0.15) is 26.7 Å². The van der Waals surface area contributed by atoms with Gasteiger partial charge in [0.1, 0.15) is 24.0 Å². The first-order valence-electron chi connectivity index (χ1n) is 7.62. The molecule has 6 nitrogen and oxygen atoms in total. The van der Waals surface area contributed by atoms with E-state index in [9.17, 15) is 14.7 Å². The van der Waals surface area contributed by atoms with Crippen LogP contribution in [-0.4, -0.2) is 46.7 Å². The van der Waals surface area contributed by atoms with Crippen LogP contribution in [0, 0.1) is 0 Å². The molecule has 0 aromatic heterocycles. The molecule has 0 spiro atoms. The number of nitrogens with zero attached hydrogens (tertiary/aromatic N) is 1. The van der Waals surface area contributed by atoms with Gasteiger partial charge in [-0.25, -0.2) is 4.79 Å². The van der Waals surface area contributed by atoms with E-state index in [1.165, 1.54) is 0 Å². The predicted octanol–water partition coefficient (Wildman–Crippen LogP) is 2.30. The Labute approximate surface area is 143 Å². The van der Waals surface area contributed by atoms with E-state index < -0.39 is 17.7 Å². The fraction of sp³-hybridized carbons (Fsp3) is 0.500. The molecule has 0 bridgehead atoms. The third-order valence-electron chi connectivity index (χ3n) is 4.08. The third kappa shape index (κ3) is 3.84. The van der Waals surface area contributed by atoms with Crippen molar-refractivity contribution in [3.63, 3.8) is 0 Å². The van der Waals surface area contributed by atoms with Crippen molar-refractivity contribution in [3.05, 3.63) is 28.7 Å². The minimum atomic E-state index is -0.951. The first-order chi connectivity index (χ1) is 10.9. The quantitative estimate of drug-likeness (QED) is 0.706. The molecular formula is C16H21BrN2O4. The molecular weight excluding hydrogens is 364 g/mol. The summed E-state index contributed by atoms with van der Waals surface area (Å²) in [7, 11) is 0. The normalized spacial score (nSPS) is 18.0. The average molecular weight is 385 g/mol. The zero-order valence-electron chi connectivity index (χ0n) is 13.2. The Balaban J connectivity index is 1.93. The van der Waals surface area contributed by atoms with E-state index in [4.69, 9.17) is 4.74 Å². The number of halogens is 1. The number of carbonyl (C=O) groups is 2. The predicted molar refractivity (Wildman–Crippen MR) is 89.2 cm³/mol. The Morgan fingerprint density at radius 1 is 1.35 bits per heavy atom. The number of β-amino-alcohol motifs (C(OH)–C–C–N with tert-alkyl or cyclic N) is 1. The Kier molecular flexibility index (Phi) is 5.64. The van der Waals surface area contributed by atoms with Crippen LogP contribution in [0.2, 0.25) is 0 Å². The Bertz CT molecular complexity index is 589. The number of rotatable bonds is 7. The summed E-state index contributed by atoms with van der Waals surface area (Å²) >= 11 is 3.34. The topological polar surface area (TPSA) is 78.9 Å². The highest BCUT2D eigenvalue weighted by molar-refractivity contribution is 9.10. The molecule has 23 heavy (non-hydrogen) atoms. The van der Waals surface area contributed by atoms with Gasteiger partial charge in [0.15, 0.2) is 0 Å². The summed E-state index contributed by atoms with van der Waals surface area (Å²) in [4.78, 5) is 25.5. The van der Waals surface area contributed by atoms with E-state index in [0.717, 1.165) is 9.37 Å². The molecule has 1 aromatic rings. The van der Waals surface area contributed by atoms with Gasteiger partial charge in [-0.15, -0.1) is 0 Å². The lowest BCUT2D eigenvalue weighted by molar-refractivity contribution is -0.132. The second kappa shape index (κ2) is 7.31. The number of carbonyl (C=O) groups excluding carboxylic acids is 2. The van der Waals surface area contributed by atoms with Crippen molar-refractivity contribution in [2.45, 2.75) is 38.3 Å². The fourth-order valence-corrected chi connectivity index (χ4v) is 2.96. The number of imide groups is 1. The summed E-state index contributed by atoms with van der Waals surface area (Å²) < 4.78 is 6.35.